The summed E-state index contributed by atoms with van der Waals surface area (Å²) in [5, 5.41) is 11.5. The van der Waals surface area contributed by atoms with Gasteiger partial charge in [-0.1, -0.05) is 0 Å². The smallest absolute Gasteiger partial charge is 0.329 e. The largest absolute Gasteiger partial charge is 0.480 e. The Balaban J connectivity index is 1.71. The second-order valence-electron chi connectivity index (χ2n) is 5.78. The van der Waals surface area contributed by atoms with E-state index in [9.17, 15) is 9.59 Å². The summed E-state index contributed by atoms with van der Waals surface area (Å²) in [6, 6.07) is -0.166. The lowest BCUT2D eigenvalue weighted by atomic mass is 9.97. The number of ether oxygens (including phenoxy) is 2. The summed E-state index contributed by atoms with van der Waals surface area (Å²) in [5.41, 5.74) is -0.553. The number of carbonyl (C=O) groups excluding carboxylic acids is 1. The molecule has 2 fully saturated rings. The molecule has 0 spiro atoms. The lowest BCUT2D eigenvalue weighted by Crippen LogP contribution is -2.66. The van der Waals surface area contributed by atoms with Crippen LogP contribution < -0.4 is 5.32 Å². The minimum Gasteiger partial charge on any atom is -0.480 e. The Kier molecular flexibility index (Phi) is 4.49. The van der Waals surface area contributed by atoms with Crippen LogP contribution in [0.15, 0.2) is 0 Å². The zero-order chi connectivity index (χ0) is 14.8. The van der Waals surface area contributed by atoms with Gasteiger partial charge < -0.3 is 24.8 Å². The molecule has 0 bridgehead atoms. The second kappa shape index (κ2) is 5.97. The van der Waals surface area contributed by atoms with E-state index in [-0.39, 0.29) is 24.8 Å². The summed E-state index contributed by atoms with van der Waals surface area (Å²) in [6.45, 7) is 4.99. The van der Waals surface area contributed by atoms with Crippen molar-refractivity contribution in [2.75, 3.05) is 26.3 Å². The molecule has 2 aliphatic heterocycles. The molecule has 2 saturated heterocycles. The highest BCUT2D eigenvalue weighted by molar-refractivity contribution is 5.76. The molecule has 0 saturated carbocycles. The third kappa shape index (κ3) is 3.61. The predicted molar refractivity (Wildman–Crippen MR) is 70.5 cm³/mol. The van der Waals surface area contributed by atoms with Crippen LogP contribution in [0, 0.1) is 0 Å². The molecule has 2 aliphatic rings. The van der Waals surface area contributed by atoms with Crippen molar-refractivity contribution in [3.8, 4) is 0 Å². The average molecular weight is 286 g/mol. The third-order valence-corrected chi connectivity index (χ3v) is 3.76. The van der Waals surface area contributed by atoms with Crippen LogP contribution in [0.3, 0.4) is 0 Å². The molecule has 2 unspecified atom stereocenters. The normalized spacial score (nSPS) is 25.9. The molecule has 2 amide bonds. The highest BCUT2D eigenvalue weighted by atomic mass is 16.5. The summed E-state index contributed by atoms with van der Waals surface area (Å²) in [7, 11) is 0. The maximum atomic E-state index is 12.0. The van der Waals surface area contributed by atoms with Crippen LogP contribution >= 0.6 is 0 Å². The van der Waals surface area contributed by atoms with Crippen molar-refractivity contribution in [1.82, 2.24) is 10.2 Å². The molecule has 0 radical (unpaired) electrons. The molecule has 2 N–H and O–H groups in total. The van der Waals surface area contributed by atoms with Gasteiger partial charge in [-0.25, -0.2) is 9.59 Å². The molecule has 2 rings (SSSR count). The molecular formula is C13H22N2O5. The summed E-state index contributed by atoms with van der Waals surface area (Å²) in [5.74, 6) is -0.999. The average Bonchev–Trinajstić information content (AvgIpc) is 2.86. The van der Waals surface area contributed by atoms with Gasteiger partial charge in [-0.15, -0.1) is 0 Å². The van der Waals surface area contributed by atoms with Gasteiger partial charge in [0.1, 0.15) is 12.2 Å². The van der Waals surface area contributed by atoms with E-state index in [0.717, 1.165) is 19.4 Å². The van der Waals surface area contributed by atoms with Crippen molar-refractivity contribution in [3.63, 3.8) is 0 Å². The Labute approximate surface area is 118 Å². The van der Waals surface area contributed by atoms with Gasteiger partial charge in [0.2, 0.25) is 0 Å². The number of carbonyl (C=O) groups is 2. The Bertz CT molecular complexity index is 375. The molecule has 0 aromatic heterocycles. The van der Waals surface area contributed by atoms with E-state index in [1.54, 1.807) is 4.90 Å². The fourth-order valence-corrected chi connectivity index (χ4v) is 2.61. The number of urea groups is 1. The van der Waals surface area contributed by atoms with Crippen LogP contribution in [0.2, 0.25) is 0 Å². The Morgan fingerprint density at radius 3 is 2.80 bits per heavy atom. The van der Waals surface area contributed by atoms with Crippen molar-refractivity contribution in [1.29, 1.82) is 0 Å². The van der Waals surface area contributed by atoms with E-state index in [1.165, 1.54) is 0 Å². The first-order valence-electron chi connectivity index (χ1n) is 6.92. The Hall–Kier alpha value is -1.34. The molecular weight excluding hydrogens is 264 g/mol. The van der Waals surface area contributed by atoms with Gasteiger partial charge in [0.15, 0.2) is 0 Å². The van der Waals surface area contributed by atoms with E-state index in [2.05, 4.69) is 5.32 Å². The summed E-state index contributed by atoms with van der Waals surface area (Å²) in [4.78, 5) is 24.1. The van der Waals surface area contributed by atoms with Gasteiger partial charge in [0.25, 0.3) is 0 Å². The fourth-order valence-electron chi connectivity index (χ4n) is 2.61. The van der Waals surface area contributed by atoms with E-state index in [1.807, 2.05) is 13.8 Å². The fraction of sp³-hybridized carbons (Fsp3) is 0.846. The SMILES string of the molecule is CC(NC(=O)N1CC(C)(OCC(=O)O)C1)C1CCCO1. The number of nitrogens with one attached hydrogen (secondary N) is 1. The van der Waals surface area contributed by atoms with E-state index < -0.39 is 11.6 Å². The number of hydrogen-bond acceptors (Lipinski definition) is 4. The van der Waals surface area contributed by atoms with Crippen molar-refractivity contribution in [2.45, 2.75) is 44.4 Å². The molecule has 0 aliphatic carbocycles. The summed E-state index contributed by atoms with van der Waals surface area (Å²) < 4.78 is 10.8. The monoisotopic (exact) mass is 286 g/mol. The van der Waals surface area contributed by atoms with Gasteiger partial charge in [-0.3, -0.25) is 0 Å². The highest BCUT2D eigenvalue weighted by Crippen LogP contribution is 2.25. The first kappa shape index (κ1) is 15.1. The third-order valence-electron chi connectivity index (χ3n) is 3.76. The number of amides is 2. The Morgan fingerprint density at radius 2 is 2.25 bits per heavy atom. The molecule has 7 heteroatoms. The van der Waals surface area contributed by atoms with Gasteiger partial charge >= 0.3 is 12.0 Å². The predicted octanol–water partition coefficient (Wildman–Crippen LogP) is 0.439. The van der Waals surface area contributed by atoms with Crippen LogP contribution in [0.1, 0.15) is 26.7 Å². The molecule has 2 heterocycles. The summed E-state index contributed by atoms with van der Waals surface area (Å²) in [6.07, 6.45) is 2.10. The van der Waals surface area contributed by atoms with Crippen LogP contribution in [0.4, 0.5) is 4.79 Å². The van der Waals surface area contributed by atoms with Gasteiger partial charge in [-0.2, -0.15) is 0 Å². The van der Waals surface area contributed by atoms with Crippen molar-refractivity contribution in [3.05, 3.63) is 0 Å². The number of likely N-dealkylation sites (tertiary alicyclic amines) is 1. The topological polar surface area (TPSA) is 88.1 Å². The van der Waals surface area contributed by atoms with Gasteiger partial charge in [0, 0.05) is 6.61 Å². The number of rotatable bonds is 5. The summed E-state index contributed by atoms with van der Waals surface area (Å²) >= 11 is 0. The number of carboxylic acids is 1. The minimum atomic E-state index is -0.999. The van der Waals surface area contributed by atoms with E-state index >= 15 is 0 Å². The van der Waals surface area contributed by atoms with Gasteiger partial charge in [0.05, 0.1) is 25.2 Å². The molecule has 7 nitrogen and oxygen atoms in total. The minimum absolute atomic E-state index is 0.0169. The number of hydrogen-bond donors (Lipinski definition) is 2. The number of nitrogens with zero attached hydrogens (tertiary/aromatic N) is 1. The van der Waals surface area contributed by atoms with Crippen LogP contribution in [0.25, 0.3) is 0 Å². The van der Waals surface area contributed by atoms with Gasteiger partial charge in [-0.05, 0) is 26.7 Å². The van der Waals surface area contributed by atoms with E-state index in [0.29, 0.717) is 13.1 Å². The van der Waals surface area contributed by atoms with Crippen LogP contribution in [-0.4, -0.2) is 66.1 Å². The second-order valence-corrected chi connectivity index (χ2v) is 5.78. The molecule has 20 heavy (non-hydrogen) atoms. The first-order chi connectivity index (χ1) is 9.39. The maximum absolute atomic E-state index is 12.0. The zero-order valence-corrected chi connectivity index (χ0v) is 11.9. The lowest BCUT2D eigenvalue weighted by molar-refractivity contribution is -0.159. The van der Waals surface area contributed by atoms with Crippen molar-refractivity contribution < 1.29 is 24.2 Å². The zero-order valence-electron chi connectivity index (χ0n) is 11.9. The highest BCUT2D eigenvalue weighted by Gasteiger charge is 2.43. The molecule has 114 valence electrons. The van der Waals surface area contributed by atoms with E-state index in [4.69, 9.17) is 14.6 Å². The van der Waals surface area contributed by atoms with Crippen molar-refractivity contribution in [2.24, 2.45) is 0 Å². The molecule has 0 aromatic rings. The molecule has 0 aromatic carbocycles. The van der Waals surface area contributed by atoms with Crippen LogP contribution in [0.5, 0.6) is 0 Å². The Morgan fingerprint density at radius 1 is 1.55 bits per heavy atom. The molecule has 2 atom stereocenters. The van der Waals surface area contributed by atoms with Crippen LogP contribution in [-0.2, 0) is 14.3 Å². The quantitative estimate of drug-likeness (QED) is 0.765. The number of carboxylic acid groups (broad SMARTS) is 1. The number of aliphatic carboxylic acids is 1. The standard InChI is InChI=1S/C13H22N2O5/c1-9(10-4-3-5-19-10)14-12(18)15-7-13(2,8-15)20-6-11(16)17/h9-10H,3-8H2,1-2H3,(H,14,18)(H,16,17). The van der Waals surface area contributed by atoms with Crippen molar-refractivity contribution >= 4 is 12.0 Å². The maximum Gasteiger partial charge on any atom is 0.329 e. The lowest BCUT2D eigenvalue weighted by Gasteiger charge is -2.47. The first-order valence-corrected chi connectivity index (χ1v) is 6.92.